The van der Waals surface area contributed by atoms with Crippen molar-refractivity contribution in [3.05, 3.63) is 87.8 Å². The van der Waals surface area contributed by atoms with Crippen molar-refractivity contribution in [3.8, 4) is 11.1 Å². The number of rotatable bonds is 3. The van der Waals surface area contributed by atoms with Crippen molar-refractivity contribution in [2.75, 3.05) is 0 Å². The second-order valence-electron chi connectivity index (χ2n) is 6.24. The second kappa shape index (κ2) is 6.30. The van der Waals surface area contributed by atoms with E-state index in [1.165, 1.54) is 16.9 Å². The number of fused-ring (bicyclic) bond motifs is 1. The summed E-state index contributed by atoms with van der Waals surface area (Å²) in [5, 5.41) is 2.74. The molecule has 4 rings (SSSR count). The zero-order chi connectivity index (χ0) is 17.4. The van der Waals surface area contributed by atoms with E-state index >= 15 is 0 Å². The van der Waals surface area contributed by atoms with Gasteiger partial charge in [-0.2, -0.15) is 0 Å². The highest BCUT2D eigenvalue weighted by Gasteiger charge is 2.16. The fourth-order valence-corrected chi connectivity index (χ4v) is 3.97. The van der Waals surface area contributed by atoms with E-state index in [0.29, 0.717) is 5.39 Å². The summed E-state index contributed by atoms with van der Waals surface area (Å²) in [5.74, 6) is 0. The average molecular weight is 346 g/mol. The molecule has 0 unspecified atom stereocenters. The Kier molecular flexibility index (Phi) is 3.98. The standard InChI is InChI=1S/C21H18N2OS/c1-14-8-10-17(11-9-14)18-12-25-20-19(18)21(24)23(13-22-20)15(2)16-6-4-3-5-7-16/h3-13,15H,1-2H3/t15-/m1/s1. The molecule has 0 aliphatic heterocycles. The summed E-state index contributed by atoms with van der Waals surface area (Å²) in [4.78, 5) is 18.5. The molecule has 0 aliphatic carbocycles. The van der Waals surface area contributed by atoms with Crippen LogP contribution in [0, 0.1) is 6.92 Å². The molecule has 4 heteroatoms. The van der Waals surface area contributed by atoms with Crippen LogP contribution in [-0.2, 0) is 0 Å². The van der Waals surface area contributed by atoms with Crippen LogP contribution in [0.3, 0.4) is 0 Å². The lowest BCUT2D eigenvalue weighted by Crippen LogP contribution is -2.24. The topological polar surface area (TPSA) is 34.9 Å². The van der Waals surface area contributed by atoms with Gasteiger partial charge in [-0.25, -0.2) is 4.98 Å². The molecule has 4 aromatic rings. The van der Waals surface area contributed by atoms with Gasteiger partial charge in [-0.15, -0.1) is 11.3 Å². The van der Waals surface area contributed by atoms with E-state index in [1.807, 2.05) is 42.6 Å². The van der Waals surface area contributed by atoms with Crippen LogP contribution in [0.5, 0.6) is 0 Å². The molecule has 0 spiro atoms. The van der Waals surface area contributed by atoms with Crippen LogP contribution >= 0.6 is 11.3 Å². The first-order valence-electron chi connectivity index (χ1n) is 8.25. The molecule has 3 nitrogen and oxygen atoms in total. The third-order valence-electron chi connectivity index (χ3n) is 4.58. The number of thiophene rings is 1. The van der Waals surface area contributed by atoms with Crippen LogP contribution in [0.15, 0.2) is 71.1 Å². The van der Waals surface area contributed by atoms with Crippen molar-refractivity contribution in [1.82, 2.24) is 9.55 Å². The van der Waals surface area contributed by atoms with E-state index in [9.17, 15) is 4.79 Å². The number of aromatic nitrogens is 2. The van der Waals surface area contributed by atoms with Crippen molar-refractivity contribution in [3.63, 3.8) is 0 Å². The van der Waals surface area contributed by atoms with Crippen molar-refractivity contribution < 1.29 is 0 Å². The average Bonchev–Trinajstić information content (AvgIpc) is 3.08. The van der Waals surface area contributed by atoms with E-state index in [2.05, 4.69) is 36.2 Å². The van der Waals surface area contributed by atoms with Crippen LogP contribution in [0.2, 0.25) is 0 Å². The summed E-state index contributed by atoms with van der Waals surface area (Å²) >= 11 is 1.52. The Morgan fingerprint density at radius 3 is 2.48 bits per heavy atom. The van der Waals surface area contributed by atoms with Crippen molar-refractivity contribution in [1.29, 1.82) is 0 Å². The van der Waals surface area contributed by atoms with Gasteiger partial charge in [0.25, 0.3) is 5.56 Å². The Morgan fingerprint density at radius 1 is 1.04 bits per heavy atom. The Bertz CT molecular complexity index is 1080. The minimum absolute atomic E-state index is 0.0122. The van der Waals surface area contributed by atoms with Crippen LogP contribution in [-0.4, -0.2) is 9.55 Å². The molecule has 0 saturated carbocycles. The van der Waals surface area contributed by atoms with Gasteiger partial charge in [0.15, 0.2) is 0 Å². The van der Waals surface area contributed by atoms with Crippen LogP contribution in [0.1, 0.15) is 24.1 Å². The summed E-state index contributed by atoms with van der Waals surface area (Å²) in [6.07, 6.45) is 1.66. The minimum Gasteiger partial charge on any atom is -0.291 e. The Labute approximate surface area is 150 Å². The van der Waals surface area contributed by atoms with Crippen molar-refractivity contribution >= 4 is 21.6 Å². The predicted molar refractivity (Wildman–Crippen MR) is 104 cm³/mol. The van der Waals surface area contributed by atoms with E-state index < -0.39 is 0 Å². The molecular weight excluding hydrogens is 328 g/mol. The summed E-state index contributed by atoms with van der Waals surface area (Å²) in [7, 11) is 0. The Balaban J connectivity index is 1.89. The molecule has 0 aliphatic rings. The quantitative estimate of drug-likeness (QED) is 0.521. The highest BCUT2D eigenvalue weighted by atomic mass is 32.1. The lowest BCUT2D eigenvalue weighted by Gasteiger charge is -2.15. The maximum atomic E-state index is 13.2. The molecule has 124 valence electrons. The van der Waals surface area contributed by atoms with Crippen molar-refractivity contribution in [2.45, 2.75) is 19.9 Å². The molecule has 0 N–H and O–H groups in total. The molecule has 0 fully saturated rings. The fourth-order valence-electron chi connectivity index (χ4n) is 3.06. The second-order valence-corrected chi connectivity index (χ2v) is 7.10. The monoisotopic (exact) mass is 346 g/mol. The fraction of sp³-hybridized carbons (Fsp3) is 0.143. The van der Waals surface area contributed by atoms with E-state index in [4.69, 9.17) is 0 Å². The van der Waals surface area contributed by atoms with Gasteiger partial charge in [0.1, 0.15) is 4.83 Å². The molecule has 0 bridgehead atoms. The third-order valence-corrected chi connectivity index (χ3v) is 5.47. The summed E-state index contributed by atoms with van der Waals surface area (Å²) in [5.41, 5.74) is 4.33. The summed E-state index contributed by atoms with van der Waals surface area (Å²) in [6.45, 7) is 4.09. The smallest absolute Gasteiger partial charge is 0.263 e. The van der Waals surface area contributed by atoms with E-state index in [0.717, 1.165) is 21.5 Å². The number of nitrogens with zero attached hydrogens (tertiary/aromatic N) is 2. The molecule has 0 saturated heterocycles. The predicted octanol–water partition coefficient (Wildman–Crippen LogP) is 5.04. The van der Waals surface area contributed by atoms with Crippen LogP contribution < -0.4 is 5.56 Å². The highest BCUT2D eigenvalue weighted by molar-refractivity contribution is 7.17. The molecule has 2 aromatic carbocycles. The van der Waals surface area contributed by atoms with Gasteiger partial charge in [0.05, 0.1) is 17.8 Å². The summed E-state index contributed by atoms with van der Waals surface area (Å²) in [6, 6.07) is 18.2. The van der Waals surface area contributed by atoms with Gasteiger partial charge < -0.3 is 0 Å². The van der Waals surface area contributed by atoms with Gasteiger partial charge in [-0.3, -0.25) is 9.36 Å². The van der Waals surface area contributed by atoms with Gasteiger partial charge in [-0.05, 0) is 25.0 Å². The van der Waals surface area contributed by atoms with Gasteiger partial charge in [-0.1, -0.05) is 60.2 Å². The molecule has 1 atom stereocenters. The maximum Gasteiger partial charge on any atom is 0.263 e. The molecule has 0 radical (unpaired) electrons. The number of hydrogen-bond acceptors (Lipinski definition) is 3. The highest BCUT2D eigenvalue weighted by Crippen LogP contribution is 2.31. The normalized spacial score (nSPS) is 12.4. The van der Waals surface area contributed by atoms with Crippen molar-refractivity contribution in [2.24, 2.45) is 0 Å². The number of hydrogen-bond donors (Lipinski definition) is 0. The maximum absolute atomic E-state index is 13.2. The number of aryl methyl sites for hydroxylation is 1. The van der Waals surface area contributed by atoms with E-state index in [-0.39, 0.29) is 11.6 Å². The van der Waals surface area contributed by atoms with Crippen LogP contribution in [0.4, 0.5) is 0 Å². The lowest BCUT2D eigenvalue weighted by molar-refractivity contribution is 0.609. The third kappa shape index (κ3) is 2.79. The zero-order valence-corrected chi connectivity index (χ0v) is 15.0. The number of benzene rings is 2. The lowest BCUT2D eigenvalue weighted by atomic mass is 10.0. The molecule has 25 heavy (non-hydrogen) atoms. The SMILES string of the molecule is Cc1ccc(-c2csc3ncn([C@H](C)c4ccccc4)c(=O)c23)cc1. The Hall–Kier alpha value is -2.72. The minimum atomic E-state index is -0.0589. The zero-order valence-electron chi connectivity index (χ0n) is 14.1. The van der Waals surface area contributed by atoms with Gasteiger partial charge >= 0.3 is 0 Å². The van der Waals surface area contributed by atoms with Gasteiger partial charge in [0, 0.05) is 10.9 Å². The molecular formula is C21H18N2OS. The largest absolute Gasteiger partial charge is 0.291 e. The first kappa shape index (κ1) is 15.8. The summed E-state index contributed by atoms with van der Waals surface area (Å²) < 4.78 is 1.72. The van der Waals surface area contributed by atoms with Crippen LogP contribution in [0.25, 0.3) is 21.3 Å². The Morgan fingerprint density at radius 2 is 1.76 bits per heavy atom. The first-order chi connectivity index (χ1) is 12.1. The molecule has 2 heterocycles. The first-order valence-corrected chi connectivity index (χ1v) is 9.13. The molecule has 0 amide bonds. The van der Waals surface area contributed by atoms with Gasteiger partial charge in [0.2, 0.25) is 0 Å². The molecule has 2 aromatic heterocycles. The van der Waals surface area contributed by atoms with E-state index in [1.54, 1.807) is 10.9 Å².